The quantitative estimate of drug-likeness (QED) is 0.506. The molecule has 1 saturated carbocycles. The van der Waals surface area contributed by atoms with Gasteiger partial charge in [0.05, 0.1) is 16.8 Å². The van der Waals surface area contributed by atoms with E-state index in [9.17, 15) is 26.4 Å². The van der Waals surface area contributed by atoms with Crippen LogP contribution in [0.1, 0.15) is 52.8 Å². The second-order valence-corrected chi connectivity index (χ2v) is 10.9. The van der Waals surface area contributed by atoms with Gasteiger partial charge in [-0.15, -0.1) is 10.2 Å². The summed E-state index contributed by atoms with van der Waals surface area (Å²) in [4.78, 5) is 21.8. The Labute approximate surface area is 205 Å². The van der Waals surface area contributed by atoms with Gasteiger partial charge in [0.2, 0.25) is 5.88 Å². The summed E-state index contributed by atoms with van der Waals surface area (Å²) in [5.41, 5.74) is -1.27. The predicted octanol–water partition coefficient (Wildman–Crippen LogP) is 4.40. The van der Waals surface area contributed by atoms with Crippen molar-refractivity contribution in [2.24, 2.45) is 0 Å². The number of ether oxygens (including phenoxy) is 1. The van der Waals surface area contributed by atoms with Crippen LogP contribution in [0.15, 0.2) is 35.4 Å². The molecule has 0 atom stereocenters. The highest BCUT2D eigenvalue weighted by atomic mass is 32.2. The van der Waals surface area contributed by atoms with Crippen molar-refractivity contribution in [2.75, 3.05) is 11.6 Å². The molecule has 3 aromatic rings. The number of hydrogen-bond acceptors (Lipinski definition) is 8. The number of sulfone groups is 1. The standard InChI is InChI=1S/C23H22F3N5O4S/c1-12-17(19(32)29-14-6-5-7-15(10-14)36(4,33)34)21(31-30-18(12)23(24,25)26)35-20-13(2)28-16(11-27-20)22(3)8-9-22/h5-7,10-11H,8-9H2,1-4H3,(H,29,32). The van der Waals surface area contributed by atoms with Gasteiger partial charge in [-0.1, -0.05) is 13.0 Å². The summed E-state index contributed by atoms with van der Waals surface area (Å²) in [7, 11) is -3.59. The number of aromatic nitrogens is 4. The molecule has 13 heteroatoms. The Morgan fingerprint density at radius 1 is 1.14 bits per heavy atom. The lowest BCUT2D eigenvalue weighted by Gasteiger charge is -2.16. The summed E-state index contributed by atoms with van der Waals surface area (Å²) < 4.78 is 69.9. The van der Waals surface area contributed by atoms with Gasteiger partial charge < -0.3 is 10.1 Å². The third-order valence-corrected chi connectivity index (χ3v) is 7.02. The Morgan fingerprint density at radius 3 is 2.42 bits per heavy atom. The third kappa shape index (κ3) is 5.15. The van der Waals surface area contributed by atoms with Crippen molar-refractivity contribution >= 4 is 21.4 Å². The molecule has 0 radical (unpaired) electrons. The minimum atomic E-state index is -4.88. The van der Waals surface area contributed by atoms with Crippen LogP contribution in [-0.4, -0.2) is 40.7 Å². The highest BCUT2D eigenvalue weighted by Gasteiger charge is 2.41. The molecule has 1 aliphatic rings. The largest absolute Gasteiger partial charge is 0.435 e. The lowest BCUT2D eigenvalue weighted by molar-refractivity contribution is -0.142. The number of rotatable bonds is 6. The first-order valence-corrected chi connectivity index (χ1v) is 12.7. The van der Waals surface area contributed by atoms with Crippen molar-refractivity contribution in [3.63, 3.8) is 0 Å². The number of carbonyl (C=O) groups is 1. The number of nitrogens with zero attached hydrogens (tertiary/aromatic N) is 4. The molecule has 1 aliphatic carbocycles. The predicted molar refractivity (Wildman–Crippen MR) is 123 cm³/mol. The number of alkyl halides is 3. The van der Waals surface area contributed by atoms with Gasteiger partial charge in [-0.25, -0.2) is 13.4 Å². The zero-order valence-electron chi connectivity index (χ0n) is 19.8. The van der Waals surface area contributed by atoms with E-state index < -0.39 is 44.6 Å². The van der Waals surface area contributed by atoms with Gasteiger partial charge in [-0.3, -0.25) is 9.78 Å². The maximum atomic E-state index is 13.5. The summed E-state index contributed by atoms with van der Waals surface area (Å²) in [6, 6.07) is 5.31. The average Bonchev–Trinajstić information content (AvgIpc) is 3.52. The van der Waals surface area contributed by atoms with Crippen LogP contribution >= 0.6 is 0 Å². The molecular weight excluding hydrogens is 499 g/mol. The Balaban J connectivity index is 1.73. The summed E-state index contributed by atoms with van der Waals surface area (Å²) >= 11 is 0. The number of anilines is 1. The number of carbonyl (C=O) groups excluding carboxylic acids is 1. The minimum Gasteiger partial charge on any atom is -0.416 e. The number of benzene rings is 1. The Bertz CT molecular complexity index is 1470. The molecule has 1 fully saturated rings. The maximum Gasteiger partial charge on any atom is 0.435 e. The number of amides is 1. The first-order chi connectivity index (χ1) is 16.7. The van der Waals surface area contributed by atoms with Crippen LogP contribution in [0.4, 0.5) is 18.9 Å². The minimum absolute atomic E-state index is 0.0374. The van der Waals surface area contributed by atoms with Crippen LogP contribution in [0.25, 0.3) is 0 Å². The maximum absolute atomic E-state index is 13.5. The third-order valence-electron chi connectivity index (χ3n) is 5.91. The van der Waals surface area contributed by atoms with Gasteiger partial charge in [0.25, 0.3) is 11.8 Å². The molecule has 0 saturated heterocycles. The molecule has 0 unspecified atom stereocenters. The molecular formula is C23H22F3N5O4S. The molecule has 0 aliphatic heterocycles. The summed E-state index contributed by atoms with van der Waals surface area (Å²) in [6.45, 7) is 4.74. The van der Waals surface area contributed by atoms with Crippen molar-refractivity contribution in [3.05, 3.63) is 58.7 Å². The van der Waals surface area contributed by atoms with E-state index in [1.54, 1.807) is 6.92 Å². The lowest BCUT2D eigenvalue weighted by atomic mass is 10.1. The van der Waals surface area contributed by atoms with Crippen LogP contribution in [0, 0.1) is 13.8 Å². The molecule has 1 N–H and O–H groups in total. The van der Waals surface area contributed by atoms with E-state index in [0.717, 1.165) is 31.7 Å². The molecule has 36 heavy (non-hydrogen) atoms. The molecule has 4 rings (SSSR count). The Kier molecular flexibility index (Phi) is 6.23. The first kappa shape index (κ1) is 25.5. The summed E-state index contributed by atoms with van der Waals surface area (Å²) in [5.74, 6) is -1.54. The van der Waals surface area contributed by atoms with Gasteiger partial charge in [0, 0.05) is 17.4 Å². The van der Waals surface area contributed by atoms with E-state index in [0.29, 0.717) is 5.69 Å². The topological polar surface area (TPSA) is 124 Å². The van der Waals surface area contributed by atoms with Crippen LogP contribution in [0.2, 0.25) is 0 Å². The van der Waals surface area contributed by atoms with E-state index in [4.69, 9.17) is 4.74 Å². The van der Waals surface area contributed by atoms with E-state index in [2.05, 4.69) is 25.5 Å². The monoisotopic (exact) mass is 521 g/mol. The van der Waals surface area contributed by atoms with E-state index in [-0.39, 0.29) is 21.9 Å². The number of halogens is 3. The molecule has 0 bridgehead atoms. The number of aryl methyl sites for hydroxylation is 1. The summed E-state index contributed by atoms with van der Waals surface area (Å²) in [5, 5.41) is 9.17. The first-order valence-electron chi connectivity index (χ1n) is 10.8. The number of hydrogen-bond donors (Lipinski definition) is 1. The Hall–Kier alpha value is -3.61. The van der Waals surface area contributed by atoms with Crippen LogP contribution in [-0.2, 0) is 21.4 Å². The van der Waals surface area contributed by atoms with Gasteiger partial charge in [-0.05, 0) is 50.5 Å². The Morgan fingerprint density at radius 2 is 1.83 bits per heavy atom. The highest BCUT2D eigenvalue weighted by Crippen LogP contribution is 2.46. The second-order valence-electron chi connectivity index (χ2n) is 8.91. The van der Waals surface area contributed by atoms with Crippen LogP contribution in [0.3, 0.4) is 0 Å². The number of nitrogens with one attached hydrogen (secondary N) is 1. The fourth-order valence-electron chi connectivity index (χ4n) is 3.50. The molecule has 0 spiro atoms. The molecule has 1 aromatic carbocycles. The fraction of sp³-hybridized carbons (Fsp3) is 0.348. The molecule has 190 valence electrons. The average molecular weight is 522 g/mol. The van der Waals surface area contributed by atoms with Gasteiger partial charge in [0.15, 0.2) is 15.5 Å². The fourth-order valence-corrected chi connectivity index (χ4v) is 4.17. The van der Waals surface area contributed by atoms with Crippen molar-refractivity contribution in [1.82, 2.24) is 20.2 Å². The van der Waals surface area contributed by atoms with Crippen molar-refractivity contribution < 1.29 is 31.1 Å². The van der Waals surface area contributed by atoms with Gasteiger partial charge in [-0.2, -0.15) is 13.2 Å². The van der Waals surface area contributed by atoms with Crippen LogP contribution < -0.4 is 10.1 Å². The van der Waals surface area contributed by atoms with E-state index in [1.165, 1.54) is 30.5 Å². The smallest absolute Gasteiger partial charge is 0.416 e. The van der Waals surface area contributed by atoms with E-state index >= 15 is 0 Å². The van der Waals surface area contributed by atoms with Gasteiger partial charge >= 0.3 is 6.18 Å². The molecule has 1 amide bonds. The van der Waals surface area contributed by atoms with Gasteiger partial charge in [0.1, 0.15) is 11.3 Å². The zero-order valence-corrected chi connectivity index (χ0v) is 20.6. The molecule has 2 aromatic heterocycles. The molecule has 9 nitrogen and oxygen atoms in total. The second kappa shape index (κ2) is 8.80. The van der Waals surface area contributed by atoms with Crippen molar-refractivity contribution in [1.29, 1.82) is 0 Å². The lowest BCUT2D eigenvalue weighted by Crippen LogP contribution is -2.21. The SMILES string of the molecule is Cc1nc(C2(C)CC2)cnc1Oc1nnc(C(F)(F)F)c(C)c1C(=O)Nc1cccc(S(C)(=O)=O)c1. The van der Waals surface area contributed by atoms with Crippen LogP contribution in [0.5, 0.6) is 11.8 Å². The normalized spacial score (nSPS) is 14.9. The van der Waals surface area contributed by atoms with Crippen molar-refractivity contribution in [3.8, 4) is 11.8 Å². The van der Waals surface area contributed by atoms with Crippen molar-refractivity contribution in [2.45, 2.75) is 50.1 Å². The van der Waals surface area contributed by atoms with E-state index in [1.807, 2.05) is 6.92 Å². The summed E-state index contributed by atoms with van der Waals surface area (Å²) in [6.07, 6.45) is -0.426. The highest BCUT2D eigenvalue weighted by molar-refractivity contribution is 7.90. The zero-order chi connectivity index (χ0) is 26.5. The molecule has 2 heterocycles.